The molecule has 2 aromatic rings. The van der Waals surface area contributed by atoms with Crippen molar-refractivity contribution in [2.45, 2.75) is 46.5 Å². The molecule has 0 spiro atoms. The van der Waals surface area contributed by atoms with E-state index in [1.165, 1.54) is 0 Å². The first-order chi connectivity index (χ1) is 15.2. The van der Waals surface area contributed by atoms with E-state index in [0.29, 0.717) is 32.5 Å². The van der Waals surface area contributed by atoms with Crippen LogP contribution in [0.3, 0.4) is 0 Å². The second-order valence-electron chi connectivity index (χ2n) is 10.0. The van der Waals surface area contributed by atoms with Crippen molar-refractivity contribution in [1.29, 1.82) is 0 Å². The first kappa shape index (κ1) is 23.7. The summed E-state index contributed by atoms with van der Waals surface area (Å²) in [5.41, 5.74) is 2.56. The van der Waals surface area contributed by atoms with Gasteiger partial charge in [-0.1, -0.05) is 51.1 Å². The zero-order valence-electron chi connectivity index (χ0n) is 19.6. The molecule has 1 aliphatic heterocycles. The summed E-state index contributed by atoms with van der Waals surface area (Å²) in [6, 6.07) is 12.3. The highest BCUT2D eigenvalue weighted by Gasteiger charge is 2.43. The van der Waals surface area contributed by atoms with Gasteiger partial charge in [-0.15, -0.1) is 6.58 Å². The van der Waals surface area contributed by atoms with Crippen molar-refractivity contribution in [2.24, 2.45) is 10.8 Å². The zero-order valence-corrected chi connectivity index (χ0v) is 19.6. The minimum atomic E-state index is -0.647. The van der Waals surface area contributed by atoms with Gasteiger partial charge in [-0.05, 0) is 53.5 Å². The molecule has 1 saturated heterocycles. The molecule has 0 bridgehead atoms. The molecule has 170 valence electrons. The molecule has 1 atom stereocenters. The summed E-state index contributed by atoms with van der Waals surface area (Å²) >= 11 is 0. The Hall–Kier alpha value is -2.95. The zero-order chi connectivity index (χ0) is 23.2. The standard InChI is InChI=1S/C27H35N3O2/c1-5-13-29-25(32)27(12-7-16-30(20-27)24(31)19-26(2,3)4)18-21-8-6-9-23(17-21)22-10-14-28-15-11-22/h5-6,8-11,14-15,17H,1,7,12-13,16,18-20H2,2-4H3,(H,29,32). The van der Waals surface area contributed by atoms with Crippen LogP contribution in [-0.4, -0.2) is 41.3 Å². The lowest BCUT2D eigenvalue weighted by molar-refractivity contribution is -0.142. The van der Waals surface area contributed by atoms with E-state index in [2.05, 4.69) is 55.9 Å². The number of amides is 2. The fraction of sp³-hybridized carbons (Fsp3) is 0.444. The Labute approximate surface area is 191 Å². The van der Waals surface area contributed by atoms with Gasteiger partial charge in [-0.2, -0.15) is 0 Å². The highest BCUT2D eigenvalue weighted by Crippen LogP contribution is 2.36. The molecule has 0 radical (unpaired) electrons. The third-order valence-electron chi connectivity index (χ3n) is 5.98. The van der Waals surface area contributed by atoms with Crippen molar-refractivity contribution in [1.82, 2.24) is 15.2 Å². The van der Waals surface area contributed by atoms with Crippen LogP contribution in [0.2, 0.25) is 0 Å². The molecule has 1 aliphatic rings. The summed E-state index contributed by atoms with van der Waals surface area (Å²) < 4.78 is 0. The number of hydrogen-bond donors (Lipinski definition) is 1. The second kappa shape index (κ2) is 10.1. The molecular weight excluding hydrogens is 398 g/mol. The molecule has 1 aromatic carbocycles. The Balaban J connectivity index is 1.88. The van der Waals surface area contributed by atoms with Crippen molar-refractivity contribution in [3.05, 3.63) is 67.0 Å². The third kappa shape index (κ3) is 6.06. The largest absolute Gasteiger partial charge is 0.352 e. The van der Waals surface area contributed by atoms with E-state index in [-0.39, 0.29) is 17.2 Å². The van der Waals surface area contributed by atoms with E-state index < -0.39 is 5.41 Å². The fourth-order valence-electron chi connectivity index (χ4n) is 4.47. The predicted octanol–water partition coefficient (Wildman–Crippen LogP) is 4.64. The van der Waals surface area contributed by atoms with Crippen LogP contribution in [-0.2, 0) is 16.0 Å². The third-order valence-corrected chi connectivity index (χ3v) is 5.98. The smallest absolute Gasteiger partial charge is 0.228 e. The van der Waals surface area contributed by atoms with E-state index in [1.807, 2.05) is 23.1 Å². The quantitative estimate of drug-likeness (QED) is 0.647. The molecule has 0 aliphatic carbocycles. The van der Waals surface area contributed by atoms with Crippen molar-refractivity contribution in [2.75, 3.05) is 19.6 Å². The van der Waals surface area contributed by atoms with Gasteiger partial charge in [-0.3, -0.25) is 14.6 Å². The van der Waals surface area contributed by atoms with Crippen LogP contribution < -0.4 is 5.32 Å². The highest BCUT2D eigenvalue weighted by molar-refractivity contribution is 5.85. The van der Waals surface area contributed by atoms with Gasteiger partial charge in [0.05, 0.1) is 5.41 Å². The normalized spacial score (nSPS) is 18.8. The number of nitrogens with one attached hydrogen (secondary N) is 1. The molecule has 5 heteroatoms. The van der Waals surface area contributed by atoms with Crippen molar-refractivity contribution in [3.8, 4) is 11.1 Å². The lowest BCUT2D eigenvalue weighted by atomic mass is 9.73. The molecule has 5 nitrogen and oxygen atoms in total. The summed E-state index contributed by atoms with van der Waals surface area (Å²) in [5, 5.41) is 3.01. The number of carbonyl (C=O) groups is 2. The Bertz CT molecular complexity index is 949. The van der Waals surface area contributed by atoms with Crippen molar-refractivity contribution in [3.63, 3.8) is 0 Å². The number of carbonyl (C=O) groups excluding carboxylic acids is 2. The van der Waals surface area contributed by atoms with Crippen LogP contribution in [0.25, 0.3) is 11.1 Å². The van der Waals surface area contributed by atoms with Crippen LogP contribution in [0.1, 0.15) is 45.6 Å². The Morgan fingerprint density at radius 2 is 1.94 bits per heavy atom. The summed E-state index contributed by atoms with van der Waals surface area (Å²) in [6.45, 7) is 11.5. The maximum atomic E-state index is 13.4. The first-order valence-electron chi connectivity index (χ1n) is 11.4. The van der Waals surface area contributed by atoms with Crippen LogP contribution in [0.15, 0.2) is 61.4 Å². The number of hydrogen-bond acceptors (Lipinski definition) is 3. The molecule has 1 N–H and O–H groups in total. The monoisotopic (exact) mass is 433 g/mol. The number of likely N-dealkylation sites (tertiary alicyclic amines) is 1. The first-order valence-corrected chi connectivity index (χ1v) is 11.4. The van der Waals surface area contributed by atoms with Crippen LogP contribution >= 0.6 is 0 Å². The van der Waals surface area contributed by atoms with Gasteiger partial charge in [0.1, 0.15) is 0 Å². The molecule has 2 heterocycles. The number of benzene rings is 1. The minimum Gasteiger partial charge on any atom is -0.352 e. The number of pyridine rings is 1. The van der Waals surface area contributed by atoms with Gasteiger partial charge in [0.25, 0.3) is 0 Å². The minimum absolute atomic E-state index is 0.0000251. The Morgan fingerprint density at radius 1 is 1.19 bits per heavy atom. The number of aromatic nitrogens is 1. The van der Waals surface area contributed by atoms with Crippen molar-refractivity contribution < 1.29 is 9.59 Å². The average Bonchev–Trinajstić information content (AvgIpc) is 2.77. The molecule has 1 unspecified atom stereocenters. The summed E-state index contributed by atoms with van der Waals surface area (Å²) in [5.74, 6) is 0.128. The molecular formula is C27H35N3O2. The van der Waals surface area contributed by atoms with E-state index >= 15 is 0 Å². The van der Waals surface area contributed by atoms with Crippen LogP contribution in [0, 0.1) is 10.8 Å². The number of rotatable bonds is 7. The highest BCUT2D eigenvalue weighted by atomic mass is 16.2. The molecule has 32 heavy (non-hydrogen) atoms. The molecule has 3 rings (SSSR count). The van der Waals surface area contributed by atoms with Crippen LogP contribution in [0.5, 0.6) is 0 Å². The Kier molecular flexibility index (Phi) is 7.49. The topological polar surface area (TPSA) is 62.3 Å². The summed E-state index contributed by atoms with van der Waals surface area (Å²) in [6.07, 6.45) is 7.92. The maximum absolute atomic E-state index is 13.4. The van der Waals surface area contributed by atoms with Gasteiger partial charge in [0.2, 0.25) is 11.8 Å². The van der Waals surface area contributed by atoms with Crippen molar-refractivity contribution >= 4 is 11.8 Å². The van der Waals surface area contributed by atoms with E-state index in [9.17, 15) is 9.59 Å². The molecule has 1 fully saturated rings. The van der Waals surface area contributed by atoms with E-state index in [4.69, 9.17) is 0 Å². The SMILES string of the molecule is C=CCNC(=O)C1(Cc2cccc(-c3ccncc3)c2)CCCN(C(=O)CC(C)(C)C)C1. The maximum Gasteiger partial charge on any atom is 0.228 e. The second-order valence-corrected chi connectivity index (χ2v) is 10.0. The molecule has 0 saturated carbocycles. The van der Waals surface area contributed by atoms with Gasteiger partial charge < -0.3 is 10.2 Å². The lowest BCUT2D eigenvalue weighted by Gasteiger charge is -2.42. The predicted molar refractivity (Wildman–Crippen MR) is 129 cm³/mol. The van der Waals surface area contributed by atoms with Gasteiger partial charge in [0.15, 0.2) is 0 Å². The van der Waals surface area contributed by atoms with Gasteiger partial charge in [-0.25, -0.2) is 0 Å². The molecule has 2 amide bonds. The fourth-order valence-corrected chi connectivity index (χ4v) is 4.47. The lowest BCUT2D eigenvalue weighted by Crippen LogP contribution is -2.54. The van der Waals surface area contributed by atoms with E-state index in [1.54, 1.807) is 18.5 Å². The summed E-state index contributed by atoms with van der Waals surface area (Å²) in [4.78, 5) is 32.4. The van der Waals surface area contributed by atoms with Crippen LogP contribution in [0.4, 0.5) is 0 Å². The number of nitrogens with zero attached hydrogens (tertiary/aromatic N) is 2. The van der Waals surface area contributed by atoms with E-state index in [0.717, 1.165) is 29.5 Å². The Morgan fingerprint density at radius 3 is 2.62 bits per heavy atom. The van der Waals surface area contributed by atoms with Gasteiger partial charge in [0, 0.05) is 38.4 Å². The summed E-state index contributed by atoms with van der Waals surface area (Å²) in [7, 11) is 0. The average molecular weight is 434 g/mol. The van der Waals surface area contributed by atoms with Gasteiger partial charge >= 0.3 is 0 Å². The number of piperidine rings is 1. The molecule has 1 aromatic heterocycles.